The minimum Gasteiger partial charge on any atom is -0.480 e. The van der Waals surface area contributed by atoms with Crippen LogP contribution in [0.4, 0.5) is 4.79 Å². The summed E-state index contributed by atoms with van der Waals surface area (Å²) < 4.78 is 0. The number of aliphatic carboxylic acids is 1. The third-order valence-electron chi connectivity index (χ3n) is 1.79. The maximum absolute atomic E-state index is 10.9. The first-order chi connectivity index (χ1) is 7.47. The van der Waals surface area contributed by atoms with E-state index in [9.17, 15) is 14.4 Å². The predicted octanol–water partition coefficient (Wildman–Crippen LogP) is -2.04. The molecule has 0 fully saturated rings. The van der Waals surface area contributed by atoms with Crippen molar-refractivity contribution in [3.05, 3.63) is 0 Å². The van der Waals surface area contributed by atoms with Gasteiger partial charge in [0, 0.05) is 6.54 Å². The first-order valence-corrected chi connectivity index (χ1v) is 4.73. The molecule has 0 unspecified atom stereocenters. The number of amides is 3. The molecule has 0 aromatic carbocycles. The van der Waals surface area contributed by atoms with Crippen LogP contribution in [-0.2, 0) is 9.59 Å². The molecule has 92 valence electrons. The van der Waals surface area contributed by atoms with Gasteiger partial charge in [-0.2, -0.15) is 0 Å². The molecule has 8 nitrogen and oxygen atoms in total. The van der Waals surface area contributed by atoms with Gasteiger partial charge in [0.05, 0.1) is 6.54 Å². The zero-order valence-electron chi connectivity index (χ0n) is 8.73. The van der Waals surface area contributed by atoms with Gasteiger partial charge in [-0.05, 0) is 12.8 Å². The number of carbonyl (C=O) groups excluding carboxylic acids is 2. The Morgan fingerprint density at radius 2 is 1.94 bits per heavy atom. The Morgan fingerprint density at radius 3 is 2.38 bits per heavy atom. The molecule has 0 aliphatic carbocycles. The van der Waals surface area contributed by atoms with Gasteiger partial charge in [-0.3, -0.25) is 4.79 Å². The lowest BCUT2D eigenvalue weighted by atomic mass is 10.1. The highest BCUT2D eigenvalue weighted by Crippen LogP contribution is 1.96. The standard InChI is InChI=1S/C8H16N4O4/c9-4-6(13)12-5(7(14)15)2-1-3-11-8(10)16/h5H,1-4,9H2,(H,12,13)(H,14,15)(H3,10,11,16)/t5-/m0/s1. The van der Waals surface area contributed by atoms with Crippen LogP contribution in [0.5, 0.6) is 0 Å². The van der Waals surface area contributed by atoms with E-state index in [-0.39, 0.29) is 19.5 Å². The predicted molar refractivity (Wildman–Crippen MR) is 55.4 cm³/mol. The van der Waals surface area contributed by atoms with E-state index in [4.69, 9.17) is 16.6 Å². The molecule has 0 radical (unpaired) electrons. The van der Waals surface area contributed by atoms with Crippen LogP contribution in [0.25, 0.3) is 0 Å². The Bertz CT molecular complexity index is 269. The van der Waals surface area contributed by atoms with Gasteiger partial charge in [0.25, 0.3) is 0 Å². The molecule has 0 aliphatic heterocycles. The summed E-state index contributed by atoms with van der Waals surface area (Å²) in [5, 5.41) is 13.3. The van der Waals surface area contributed by atoms with Gasteiger partial charge in [-0.15, -0.1) is 0 Å². The van der Waals surface area contributed by atoms with Crippen molar-refractivity contribution in [2.24, 2.45) is 11.5 Å². The molecule has 0 saturated carbocycles. The minimum atomic E-state index is -1.14. The number of urea groups is 1. The van der Waals surface area contributed by atoms with Crippen LogP contribution in [0.3, 0.4) is 0 Å². The van der Waals surface area contributed by atoms with E-state index in [2.05, 4.69) is 10.6 Å². The Balaban J connectivity index is 3.90. The average Bonchev–Trinajstić information content (AvgIpc) is 2.21. The molecule has 0 bridgehead atoms. The van der Waals surface area contributed by atoms with Crippen molar-refractivity contribution in [1.82, 2.24) is 10.6 Å². The number of hydrogen-bond acceptors (Lipinski definition) is 4. The van der Waals surface area contributed by atoms with Crippen LogP contribution in [0, 0.1) is 0 Å². The van der Waals surface area contributed by atoms with Crippen molar-refractivity contribution in [2.75, 3.05) is 13.1 Å². The van der Waals surface area contributed by atoms with E-state index in [1.807, 2.05) is 0 Å². The monoisotopic (exact) mass is 232 g/mol. The van der Waals surface area contributed by atoms with Gasteiger partial charge in [0.2, 0.25) is 5.91 Å². The van der Waals surface area contributed by atoms with E-state index in [0.717, 1.165) is 0 Å². The van der Waals surface area contributed by atoms with Crippen molar-refractivity contribution in [2.45, 2.75) is 18.9 Å². The van der Waals surface area contributed by atoms with Crippen molar-refractivity contribution in [3.63, 3.8) is 0 Å². The second kappa shape index (κ2) is 7.46. The van der Waals surface area contributed by atoms with Crippen molar-refractivity contribution in [3.8, 4) is 0 Å². The lowest BCUT2D eigenvalue weighted by Gasteiger charge is -2.13. The summed E-state index contributed by atoms with van der Waals surface area (Å²) in [4.78, 5) is 31.9. The Morgan fingerprint density at radius 1 is 1.31 bits per heavy atom. The highest BCUT2D eigenvalue weighted by atomic mass is 16.4. The second-order valence-corrected chi connectivity index (χ2v) is 3.10. The lowest BCUT2D eigenvalue weighted by molar-refractivity contribution is -0.141. The summed E-state index contributed by atoms with van der Waals surface area (Å²) in [5.41, 5.74) is 9.86. The fraction of sp³-hybridized carbons (Fsp3) is 0.625. The summed E-state index contributed by atoms with van der Waals surface area (Å²) in [5.74, 6) is -1.67. The maximum atomic E-state index is 10.9. The van der Waals surface area contributed by atoms with Crippen molar-refractivity contribution in [1.29, 1.82) is 0 Å². The highest BCUT2D eigenvalue weighted by molar-refractivity contribution is 5.84. The number of carbonyl (C=O) groups is 3. The smallest absolute Gasteiger partial charge is 0.326 e. The summed E-state index contributed by atoms with van der Waals surface area (Å²) in [7, 11) is 0. The molecule has 3 amide bonds. The number of nitrogens with one attached hydrogen (secondary N) is 2. The lowest BCUT2D eigenvalue weighted by Crippen LogP contribution is -2.44. The number of carboxylic acids is 1. The number of hydrogen-bond donors (Lipinski definition) is 5. The zero-order valence-corrected chi connectivity index (χ0v) is 8.73. The zero-order chi connectivity index (χ0) is 12.6. The first-order valence-electron chi connectivity index (χ1n) is 4.73. The van der Waals surface area contributed by atoms with Crippen LogP contribution in [0.1, 0.15) is 12.8 Å². The van der Waals surface area contributed by atoms with Crippen LogP contribution in [0.15, 0.2) is 0 Å². The molecule has 8 heteroatoms. The molecule has 0 aliphatic rings. The third-order valence-corrected chi connectivity index (χ3v) is 1.79. The largest absolute Gasteiger partial charge is 0.480 e. The fourth-order valence-corrected chi connectivity index (χ4v) is 1.03. The summed E-state index contributed by atoms with van der Waals surface area (Å²) in [6.07, 6.45) is 0.589. The highest BCUT2D eigenvalue weighted by Gasteiger charge is 2.18. The molecule has 16 heavy (non-hydrogen) atoms. The number of nitrogens with two attached hydrogens (primary N) is 2. The molecular weight excluding hydrogens is 216 g/mol. The number of carboxylic acid groups (broad SMARTS) is 1. The molecule has 0 rings (SSSR count). The normalized spacial score (nSPS) is 11.6. The van der Waals surface area contributed by atoms with Crippen LogP contribution in [-0.4, -0.2) is 42.1 Å². The minimum absolute atomic E-state index is 0.196. The van der Waals surface area contributed by atoms with Gasteiger partial charge in [-0.1, -0.05) is 0 Å². The molecule has 1 atom stereocenters. The molecule has 0 heterocycles. The quantitative estimate of drug-likeness (QED) is 0.321. The van der Waals surface area contributed by atoms with E-state index < -0.39 is 23.9 Å². The van der Waals surface area contributed by atoms with E-state index in [1.54, 1.807) is 0 Å². The summed E-state index contributed by atoms with van der Waals surface area (Å²) in [6, 6.07) is -1.66. The maximum Gasteiger partial charge on any atom is 0.326 e. The molecule has 0 saturated heterocycles. The van der Waals surface area contributed by atoms with Gasteiger partial charge in [0.15, 0.2) is 0 Å². The molecule has 7 N–H and O–H groups in total. The van der Waals surface area contributed by atoms with Crippen LogP contribution in [0.2, 0.25) is 0 Å². The van der Waals surface area contributed by atoms with Gasteiger partial charge < -0.3 is 27.2 Å². The first kappa shape index (κ1) is 14.2. The van der Waals surface area contributed by atoms with Gasteiger partial charge >= 0.3 is 12.0 Å². The summed E-state index contributed by atoms with van der Waals surface area (Å²) >= 11 is 0. The van der Waals surface area contributed by atoms with Crippen LogP contribution >= 0.6 is 0 Å². The topological polar surface area (TPSA) is 148 Å². The average molecular weight is 232 g/mol. The Labute approximate surface area is 92.4 Å². The number of primary amides is 1. The molecule has 0 aromatic heterocycles. The van der Waals surface area contributed by atoms with E-state index in [1.165, 1.54) is 0 Å². The van der Waals surface area contributed by atoms with Crippen molar-refractivity contribution < 1.29 is 19.5 Å². The SMILES string of the molecule is NCC(=O)N[C@@H](CCCNC(N)=O)C(=O)O. The summed E-state index contributed by atoms with van der Waals surface area (Å²) in [6.45, 7) is 0.000917. The van der Waals surface area contributed by atoms with E-state index >= 15 is 0 Å². The van der Waals surface area contributed by atoms with E-state index in [0.29, 0.717) is 6.42 Å². The van der Waals surface area contributed by atoms with Gasteiger partial charge in [-0.25, -0.2) is 9.59 Å². The second-order valence-electron chi connectivity index (χ2n) is 3.10. The Kier molecular flexibility index (Phi) is 6.61. The number of rotatable bonds is 7. The fourth-order valence-electron chi connectivity index (χ4n) is 1.03. The van der Waals surface area contributed by atoms with Crippen LogP contribution < -0.4 is 22.1 Å². The Hall–Kier alpha value is -1.83. The van der Waals surface area contributed by atoms with Gasteiger partial charge in [0.1, 0.15) is 6.04 Å². The third kappa shape index (κ3) is 6.60. The molecular formula is C8H16N4O4. The van der Waals surface area contributed by atoms with Crippen molar-refractivity contribution >= 4 is 17.9 Å². The molecule has 0 spiro atoms. The molecule has 0 aromatic rings.